The fraction of sp³-hybridized carbons (Fsp3) is 0.219. The number of hydrogen-bond acceptors (Lipinski definition) is 6. The molecular formula is C32H27ClF3N5O4. The average molecular weight is 638 g/mol. The van der Waals surface area contributed by atoms with Crippen LogP contribution in [-0.2, 0) is 17.6 Å². The van der Waals surface area contributed by atoms with E-state index in [1.54, 1.807) is 4.57 Å². The number of alkyl halides is 2. The van der Waals surface area contributed by atoms with Gasteiger partial charge in [0.25, 0.3) is 11.5 Å². The maximum absolute atomic E-state index is 13.6. The Morgan fingerprint density at radius 1 is 1.07 bits per heavy atom. The van der Waals surface area contributed by atoms with Gasteiger partial charge in [-0.2, -0.15) is 8.78 Å². The van der Waals surface area contributed by atoms with Crippen LogP contribution in [0, 0.1) is 5.82 Å². The number of aryl methyl sites for hydroxylation is 1. The molecular weight excluding hydrogens is 611 g/mol. The first kappa shape index (κ1) is 31.5. The number of Topliss-reactive ketones (excluding diaryl/α,β-unsaturated/α-hetero) is 1. The number of aromatic amines is 1. The molecule has 45 heavy (non-hydrogen) atoms. The first-order valence-corrected chi connectivity index (χ1v) is 14.3. The number of imidazole rings is 1. The molecule has 0 aliphatic heterocycles. The van der Waals surface area contributed by atoms with E-state index in [1.807, 2.05) is 30.3 Å². The van der Waals surface area contributed by atoms with Gasteiger partial charge in [-0.05, 0) is 67.6 Å². The molecule has 0 radical (unpaired) electrons. The summed E-state index contributed by atoms with van der Waals surface area (Å²) in [6.45, 7) is -1.69. The van der Waals surface area contributed by atoms with E-state index in [9.17, 15) is 27.6 Å². The Labute approximate surface area is 260 Å². The molecule has 1 atom stereocenters. The maximum atomic E-state index is 13.6. The van der Waals surface area contributed by atoms with Crippen LogP contribution in [0.4, 0.5) is 18.9 Å². The van der Waals surface area contributed by atoms with Crippen LogP contribution in [-0.4, -0.2) is 37.8 Å². The number of carbonyl (C=O) groups is 2. The van der Waals surface area contributed by atoms with Crippen molar-refractivity contribution >= 4 is 40.1 Å². The number of H-pyrrole nitrogens is 1. The third-order valence-electron chi connectivity index (χ3n) is 7.13. The molecule has 2 aromatic heterocycles. The minimum atomic E-state index is -3.17. The Kier molecular flexibility index (Phi) is 9.62. The lowest BCUT2D eigenvalue weighted by Crippen LogP contribution is -2.19. The first-order chi connectivity index (χ1) is 21.6. The van der Waals surface area contributed by atoms with Crippen LogP contribution in [0.1, 0.15) is 53.1 Å². The molecule has 5 aromatic rings. The lowest BCUT2D eigenvalue weighted by Gasteiger charge is -2.16. The summed E-state index contributed by atoms with van der Waals surface area (Å²) in [5, 5.41) is 2.20. The zero-order valence-electron chi connectivity index (χ0n) is 23.9. The number of ether oxygens (including phenoxy) is 1. The molecule has 0 aliphatic rings. The number of amides is 1. The smallest absolute Gasteiger partial charge is 0.387 e. The molecule has 1 unspecified atom stereocenters. The van der Waals surface area contributed by atoms with Crippen LogP contribution in [0.3, 0.4) is 0 Å². The van der Waals surface area contributed by atoms with Gasteiger partial charge in [0, 0.05) is 12.0 Å². The predicted molar refractivity (Wildman–Crippen MR) is 162 cm³/mol. The van der Waals surface area contributed by atoms with Gasteiger partial charge in [0.15, 0.2) is 16.9 Å². The van der Waals surface area contributed by atoms with E-state index in [0.717, 1.165) is 30.5 Å². The predicted octanol–water partition coefficient (Wildman–Crippen LogP) is 6.51. The highest BCUT2D eigenvalue weighted by Gasteiger charge is 2.22. The van der Waals surface area contributed by atoms with E-state index in [1.165, 1.54) is 37.5 Å². The number of hydrogen-bond donors (Lipinski definition) is 2. The van der Waals surface area contributed by atoms with Crippen LogP contribution in [0.5, 0.6) is 5.75 Å². The molecule has 232 valence electrons. The van der Waals surface area contributed by atoms with E-state index < -0.39 is 29.9 Å². The van der Waals surface area contributed by atoms with Gasteiger partial charge >= 0.3 is 6.61 Å². The van der Waals surface area contributed by atoms with E-state index >= 15 is 0 Å². The van der Waals surface area contributed by atoms with Crippen LogP contribution in [0.15, 0.2) is 77.9 Å². The van der Waals surface area contributed by atoms with Crippen molar-refractivity contribution in [1.29, 1.82) is 0 Å². The molecule has 13 heteroatoms. The molecule has 0 spiro atoms. The zero-order valence-corrected chi connectivity index (χ0v) is 24.7. The number of nitrogens with one attached hydrogen (secondary N) is 2. The lowest BCUT2D eigenvalue weighted by molar-refractivity contribution is -0.120. The summed E-state index contributed by atoms with van der Waals surface area (Å²) in [6, 6.07) is 16.7. The van der Waals surface area contributed by atoms with Crippen molar-refractivity contribution in [2.24, 2.45) is 0 Å². The number of ketones is 1. The fourth-order valence-electron chi connectivity index (χ4n) is 4.97. The number of carbonyl (C=O) groups excluding carboxylic acids is 2. The van der Waals surface area contributed by atoms with E-state index in [2.05, 4.69) is 25.0 Å². The molecule has 2 heterocycles. The Balaban J connectivity index is 1.41. The molecule has 1 amide bonds. The number of benzene rings is 3. The first-order valence-electron chi connectivity index (χ1n) is 13.9. The Bertz CT molecular complexity index is 1910. The van der Waals surface area contributed by atoms with E-state index in [-0.39, 0.29) is 51.2 Å². The second-order valence-electron chi connectivity index (χ2n) is 10.3. The van der Waals surface area contributed by atoms with Crippen LogP contribution in [0.25, 0.3) is 11.2 Å². The highest BCUT2D eigenvalue weighted by Crippen LogP contribution is 2.29. The molecule has 0 saturated heterocycles. The number of halogens is 4. The van der Waals surface area contributed by atoms with Gasteiger partial charge in [0.05, 0.1) is 23.1 Å². The van der Waals surface area contributed by atoms with Crippen LogP contribution < -0.4 is 15.6 Å². The van der Waals surface area contributed by atoms with E-state index in [4.69, 9.17) is 11.6 Å². The van der Waals surface area contributed by atoms with Crippen molar-refractivity contribution in [1.82, 2.24) is 19.5 Å². The normalized spacial score (nSPS) is 12.0. The SMILES string of the molecule is CC(=O)C(CCCc1ccccc1)n1cnc2c(=O)[nH]c(Cc3ccc(OC(F)F)c(NC(=O)c4ccc(F)c(Cl)c4)c3)nc21. The number of anilines is 1. The molecule has 0 saturated carbocycles. The highest BCUT2D eigenvalue weighted by atomic mass is 35.5. The van der Waals surface area contributed by atoms with Gasteiger partial charge in [0.1, 0.15) is 17.4 Å². The Morgan fingerprint density at radius 2 is 1.84 bits per heavy atom. The van der Waals surface area contributed by atoms with Gasteiger partial charge in [0.2, 0.25) is 0 Å². The minimum Gasteiger partial charge on any atom is -0.433 e. The third kappa shape index (κ3) is 7.58. The molecule has 9 nitrogen and oxygen atoms in total. The van der Waals surface area contributed by atoms with Crippen molar-refractivity contribution in [3.8, 4) is 5.75 Å². The van der Waals surface area contributed by atoms with Crippen molar-refractivity contribution in [3.05, 3.63) is 117 Å². The van der Waals surface area contributed by atoms with Gasteiger partial charge in [-0.1, -0.05) is 48.0 Å². The van der Waals surface area contributed by atoms with Gasteiger partial charge in [-0.25, -0.2) is 14.4 Å². The number of fused-ring (bicyclic) bond motifs is 1. The summed E-state index contributed by atoms with van der Waals surface area (Å²) < 4.78 is 46.0. The Hall–Kier alpha value is -4.97. The second kappa shape index (κ2) is 13.8. The standard InChI is InChI=1S/C32H27ClF3N5O4/c1-18(42)25(9-5-8-19-6-3-2-4-7-19)41-17-37-28-29(41)39-27(40-31(28)44)15-20-10-13-26(45-32(35)36)24(14-20)38-30(43)21-11-12-23(34)22(33)16-21/h2-4,6-7,10-14,16-17,25,32H,5,8-9,15H2,1H3,(H,38,43)(H,39,40,44). The van der Waals surface area contributed by atoms with Crippen LogP contribution >= 0.6 is 11.6 Å². The third-order valence-corrected chi connectivity index (χ3v) is 7.42. The molecule has 3 aromatic carbocycles. The molecule has 0 aliphatic carbocycles. The number of aromatic nitrogens is 4. The summed E-state index contributed by atoms with van der Waals surface area (Å²) in [4.78, 5) is 49.9. The molecule has 2 N–H and O–H groups in total. The lowest BCUT2D eigenvalue weighted by atomic mass is 10.0. The van der Waals surface area contributed by atoms with Crippen molar-refractivity contribution in [2.45, 2.75) is 45.3 Å². The van der Waals surface area contributed by atoms with Gasteiger partial charge < -0.3 is 19.6 Å². The summed E-state index contributed by atoms with van der Waals surface area (Å²) in [6.07, 6.45) is 3.45. The van der Waals surface area contributed by atoms with Crippen molar-refractivity contribution in [2.75, 3.05) is 5.32 Å². The topological polar surface area (TPSA) is 119 Å². The summed E-state index contributed by atoms with van der Waals surface area (Å²) in [5.41, 5.74) is 1.30. The summed E-state index contributed by atoms with van der Waals surface area (Å²) in [7, 11) is 0. The monoisotopic (exact) mass is 637 g/mol. The molecule has 5 rings (SSSR count). The fourth-order valence-corrected chi connectivity index (χ4v) is 5.16. The number of nitrogens with zero attached hydrogens (tertiary/aromatic N) is 3. The maximum Gasteiger partial charge on any atom is 0.387 e. The highest BCUT2D eigenvalue weighted by molar-refractivity contribution is 6.31. The molecule has 0 bridgehead atoms. The second-order valence-corrected chi connectivity index (χ2v) is 10.7. The summed E-state index contributed by atoms with van der Waals surface area (Å²) in [5.74, 6) is -1.68. The zero-order chi connectivity index (χ0) is 32.1. The summed E-state index contributed by atoms with van der Waals surface area (Å²) >= 11 is 5.78. The van der Waals surface area contributed by atoms with Gasteiger partial charge in [-0.3, -0.25) is 14.4 Å². The average Bonchev–Trinajstić information content (AvgIpc) is 3.42. The van der Waals surface area contributed by atoms with Crippen molar-refractivity contribution < 1.29 is 27.5 Å². The Morgan fingerprint density at radius 3 is 2.56 bits per heavy atom. The van der Waals surface area contributed by atoms with E-state index in [0.29, 0.717) is 12.0 Å². The molecule has 0 fully saturated rings. The van der Waals surface area contributed by atoms with Crippen molar-refractivity contribution in [3.63, 3.8) is 0 Å². The van der Waals surface area contributed by atoms with Gasteiger partial charge in [-0.15, -0.1) is 0 Å². The number of rotatable bonds is 12. The minimum absolute atomic E-state index is 0.0108. The largest absolute Gasteiger partial charge is 0.433 e. The van der Waals surface area contributed by atoms with Crippen LogP contribution in [0.2, 0.25) is 5.02 Å². The quantitative estimate of drug-likeness (QED) is 0.161.